The van der Waals surface area contributed by atoms with E-state index in [9.17, 15) is 10.1 Å². The third-order valence-electron chi connectivity index (χ3n) is 4.03. The zero-order valence-corrected chi connectivity index (χ0v) is 15.4. The van der Waals surface area contributed by atoms with Gasteiger partial charge in [0.15, 0.2) is 0 Å². The second-order valence-electron chi connectivity index (χ2n) is 5.93. The number of nitriles is 1. The number of nitrogens with one attached hydrogen (secondary N) is 3. The molecule has 2 aromatic carbocycles. The molecule has 0 bridgehead atoms. The van der Waals surface area contributed by atoms with Crippen LogP contribution in [0.1, 0.15) is 21.5 Å². The highest BCUT2D eigenvalue weighted by Crippen LogP contribution is 2.27. The molecule has 0 radical (unpaired) electrons. The van der Waals surface area contributed by atoms with E-state index in [4.69, 9.17) is 10.1 Å². The largest absolute Gasteiger partial charge is 0.495 e. The van der Waals surface area contributed by atoms with Crippen LogP contribution in [-0.4, -0.2) is 29.0 Å². The summed E-state index contributed by atoms with van der Waals surface area (Å²) >= 11 is 0. The van der Waals surface area contributed by atoms with Crippen LogP contribution in [0.15, 0.2) is 48.8 Å². The van der Waals surface area contributed by atoms with Gasteiger partial charge in [0.05, 0.1) is 30.1 Å². The van der Waals surface area contributed by atoms with Crippen LogP contribution in [0.3, 0.4) is 0 Å². The molecule has 1 aromatic heterocycles. The molecule has 0 saturated carbocycles. The van der Waals surface area contributed by atoms with Crippen molar-refractivity contribution in [1.29, 1.82) is 10.7 Å². The van der Waals surface area contributed by atoms with Crippen molar-refractivity contribution in [3.05, 3.63) is 65.5 Å². The number of benzene rings is 2. The maximum atomic E-state index is 12.7. The van der Waals surface area contributed by atoms with Crippen LogP contribution in [0.25, 0.3) is 0 Å². The molecule has 28 heavy (non-hydrogen) atoms. The van der Waals surface area contributed by atoms with Crippen LogP contribution in [0.2, 0.25) is 0 Å². The molecule has 0 aliphatic carbocycles. The van der Waals surface area contributed by atoms with Crippen molar-refractivity contribution in [2.24, 2.45) is 7.05 Å². The predicted molar refractivity (Wildman–Crippen MR) is 106 cm³/mol. The number of ether oxygens (including phenoxy) is 1. The zero-order chi connectivity index (χ0) is 20.1. The molecule has 8 nitrogen and oxygen atoms in total. The third-order valence-corrected chi connectivity index (χ3v) is 4.03. The molecule has 0 fully saturated rings. The van der Waals surface area contributed by atoms with Gasteiger partial charge in [-0.15, -0.1) is 0 Å². The quantitative estimate of drug-likeness (QED) is 0.573. The number of amides is 1. The fraction of sp³-hybridized carbons (Fsp3) is 0.100. The normalized spacial score (nSPS) is 10.0. The highest BCUT2D eigenvalue weighted by Gasteiger charge is 2.16. The molecule has 3 N–H and O–H groups in total. The fourth-order valence-electron chi connectivity index (χ4n) is 2.73. The fourth-order valence-corrected chi connectivity index (χ4v) is 2.73. The number of anilines is 3. The van der Waals surface area contributed by atoms with Gasteiger partial charge in [0.25, 0.3) is 5.91 Å². The number of rotatable bonds is 6. The molecule has 3 rings (SSSR count). The molecule has 0 spiro atoms. The average molecular weight is 374 g/mol. The lowest BCUT2D eigenvalue weighted by atomic mass is 10.1. The van der Waals surface area contributed by atoms with E-state index in [0.29, 0.717) is 16.9 Å². The number of aryl methyl sites for hydroxylation is 1. The second kappa shape index (κ2) is 8.05. The van der Waals surface area contributed by atoms with Gasteiger partial charge in [0.2, 0.25) is 0 Å². The summed E-state index contributed by atoms with van der Waals surface area (Å²) in [6.07, 6.45) is 4.69. The van der Waals surface area contributed by atoms with Gasteiger partial charge in [-0.2, -0.15) is 10.4 Å². The van der Waals surface area contributed by atoms with Crippen molar-refractivity contribution < 1.29 is 9.53 Å². The van der Waals surface area contributed by atoms with Gasteiger partial charge in [-0.05, 0) is 30.3 Å². The van der Waals surface area contributed by atoms with Crippen molar-refractivity contribution in [2.75, 3.05) is 17.7 Å². The lowest BCUT2D eigenvalue weighted by molar-refractivity contribution is 0.102. The first-order valence-corrected chi connectivity index (χ1v) is 8.34. The number of para-hydroxylation sites is 1. The highest BCUT2D eigenvalue weighted by atomic mass is 16.5. The van der Waals surface area contributed by atoms with E-state index in [1.54, 1.807) is 53.5 Å². The minimum Gasteiger partial charge on any atom is -0.495 e. The minimum absolute atomic E-state index is 0.229. The molecule has 0 saturated heterocycles. The average Bonchev–Trinajstić information content (AvgIpc) is 3.12. The van der Waals surface area contributed by atoms with Gasteiger partial charge in [-0.3, -0.25) is 9.48 Å². The molecule has 0 atom stereocenters. The Bertz CT molecular complexity index is 1080. The maximum Gasteiger partial charge on any atom is 0.259 e. The summed E-state index contributed by atoms with van der Waals surface area (Å²) in [5.74, 6) is -0.170. The Kier molecular flexibility index (Phi) is 5.37. The zero-order valence-electron chi connectivity index (χ0n) is 15.4. The van der Waals surface area contributed by atoms with Crippen LogP contribution in [-0.2, 0) is 7.05 Å². The number of carbonyl (C=O) groups excluding carboxylic acids is 1. The van der Waals surface area contributed by atoms with Crippen molar-refractivity contribution in [2.45, 2.75) is 0 Å². The molecule has 1 heterocycles. The molecular weight excluding hydrogens is 356 g/mol. The van der Waals surface area contributed by atoms with Gasteiger partial charge < -0.3 is 20.8 Å². The summed E-state index contributed by atoms with van der Waals surface area (Å²) in [5.41, 5.74) is 3.15. The Morgan fingerprint density at radius 2 is 2.14 bits per heavy atom. The Balaban J connectivity index is 1.89. The van der Waals surface area contributed by atoms with E-state index >= 15 is 0 Å². The van der Waals surface area contributed by atoms with Crippen LogP contribution in [0.5, 0.6) is 5.75 Å². The van der Waals surface area contributed by atoms with Crippen molar-refractivity contribution in [3.63, 3.8) is 0 Å². The van der Waals surface area contributed by atoms with E-state index in [1.807, 2.05) is 13.1 Å². The Morgan fingerprint density at radius 1 is 1.32 bits per heavy atom. The van der Waals surface area contributed by atoms with E-state index in [2.05, 4.69) is 15.7 Å². The molecule has 0 aliphatic rings. The van der Waals surface area contributed by atoms with Crippen molar-refractivity contribution >= 4 is 29.2 Å². The third kappa shape index (κ3) is 3.83. The summed E-state index contributed by atoms with van der Waals surface area (Å²) in [4.78, 5) is 12.7. The van der Waals surface area contributed by atoms with E-state index < -0.39 is 5.91 Å². The molecule has 8 heteroatoms. The topological polar surface area (TPSA) is 116 Å². The first kappa shape index (κ1) is 18.7. The molecule has 0 aliphatic heterocycles. The van der Waals surface area contributed by atoms with Gasteiger partial charge in [0.1, 0.15) is 11.8 Å². The van der Waals surface area contributed by atoms with Gasteiger partial charge >= 0.3 is 0 Å². The number of nitrogens with zero attached hydrogens (tertiary/aromatic N) is 3. The molecular formula is C20H18N6O2. The lowest BCUT2D eigenvalue weighted by Crippen LogP contribution is -2.14. The van der Waals surface area contributed by atoms with E-state index in [-0.39, 0.29) is 16.9 Å². The number of methoxy groups -OCH3 is 1. The van der Waals surface area contributed by atoms with Gasteiger partial charge in [-0.25, -0.2) is 0 Å². The summed E-state index contributed by atoms with van der Waals surface area (Å²) in [7, 11) is 3.23. The SMILES string of the molecule is COc1c(C#N)cccc1C(=O)Nc1ccc(C=N)c(Nc2cnn(C)c2)c1. The summed E-state index contributed by atoms with van der Waals surface area (Å²) in [6.45, 7) is 0. The van der Waals surface area contributed by atoms with Crippen molar-refractivity contribution in [1.82, 2.24) is 9.78 Å². The van der Waals surface area contributed by atoms with Gasteiger partial charge in [0, 0.05) is 36.4 Å². The predicted octanol–water partition coefficient (Wildman–Crippen LogP) is 3.29. The Morgan fingerprint density at radius 3 is 2.79 bits per heavy atom. The van der Waals surface area contributed by atoms with Crippen molar-refractivity contribution in [3.8, 4) is 11.8 Å². The van der Waals surface area contributed by atoms with Crippen LogP contribution in [0.4, 0.5) is 17.1 Å². The molecule has 140 valence electrons. The van der Waals surface area contributed by atoms with Crippen LogP contribution >= 0.6 is 0 Å². The van der Waals surface area contributed by atoms with Gasteiger partial charge in [-0.1, -0.05) is 6.07 Å². The number of carbonyl (C=O) groups is 1. The van der Waals surface area contributed by atoms with E-state index in [0.717, 1.165) is 5.69 Å². The summed E-state index contributed by atoms with van der Waals surface area (Å²) in [5, 5.41) is 26.9. The number of hydrogen-bond donors (Lipinski definition) is 3. The first-order chi connectivity index (χ1) is 13.5. The van der Waals surface area contributed by atoms with Crippen LogP contribution < -0.4 is 15.4 Å². The van der Waals surface area contributed by atoms with E-state index in [1.165, 1.54) is 13.3 Å². The maximum absolute atomic E-state index is 12.7. The minimum atomic E-state index is -0.399. The first-order valence-electron chi connectivity index (χ1n) is 8.34. The molecule has 1 amide bonds. The summed E-state index contributed by atoms with van der Waals surface area (Å²) in [6, 6.07) is 12.0. The summed E-state index contributed by atoms with van der Waals surface area (Å²) < 4.78 is 6.89. The Labute approximate surface area is 161 Å². The number of aromatic nitrogens is 2. The lowest BCUT2D eigenvalue weighted by Gasteiger charge is -2.13. The van der Waals surface area contributed by atoms with Crippen LogP contribution in [0, 0.1) is 16.7 Å². The second-order valence-corrected chi connectivity index (χ2v) is 5.93. The molecule has 0 unspecified atom stereocenters. The highest BCUT2D eigenvalue weighted by molar-refractivity contribution is 6.07. The number of hydrogen-bond acceptors (Lipinski definition) is 6. The smallest absolute Gasteiger partial charge is 0.259 e. The Hall–Kier alpha value is -4.12. The monoisotopic (exact) mass is 374 g/mol. The standard InChI is InChI=1S/C20H18N6O2/c1-26-12-16(11-23-26)24-18-8-15(7-6-13(18)9-21)25-20(27)17-5-3-4-14(10-22)19(17)28-2/h3-9,11-12,21,24H,1-2H3,(H,25,27). The molecule has 3 aromatic rings.